The van der Waals surface area contributed by atoms with Crippen LogP contribution in [0.2, 0.25) is 0 Å². The van der Waals surface area contributed by atoms with Gasteiger partial charge in [0.1, 0.15) is 36.7 Å². The Hall–Kier alpha value is -3.07. The number of nitrogen functional groups attached to an aromatic ring is 1. The molecule has 0 bridgehead atoms. The molecule has 0 radical (unpaired) electrons. The summed E-state index contributed by atoms with van der Waals surface area (Å²) in [6.45, 7) is -3.76. The molecule has 4 aromatic heterocycles. The minimum Gasteiger partial charge on any atom is -0.466 e. The van der Waals surface area contributed by atoms with E-state index >= 15 is 0 Å². The lowest BCUT2D eigenvalue weighted by Crippen LogP contribution is -2.22. The second kappa shape index (κ2) is 13.1. The Balaban J connectivity index is 1.38. The van der Waals surface area contributed by atoms with Crippen LogP contribution in [0.15, 0.2) is 23.4 Å². The lowest BCUT2D eigenvalue weighted by Gasteiger charge is -2.23. The van der Waals surface area contributed by atoms with Crippen molar-refractivity contribution in [3.8, 4) is 6.07 Å². The van der Waals surface area contributed by atoms with E-state index in [1.807, 2.05) is 6.07 Å². The monoisotopic (exact) mass is 655 g/mol. The molecular weight excluding hydrogens is 632 g/mol. The summed E-state index contributed by atoms with van der Waals surface area (Å²) in [5.41, 5.74) is 6.45. The van der Waals surface area contributed by atoms with Gasteiger partial charge in [-0.05, 0) is 6.07 Å². The molecule has 1 aliphatic heterocycles. The zero-order valence-corrected chi connectivity index (χ0v) is 25.1. The van der Waals surface area contributed by atoms with Crippen LogP contribution in [0.5, 0.6) is 0 Å². The molecular formula is C21H23N9O8P2S2. The fourth-order valence-electron chi connectivity index (χ4n) is 4.42. The molecule has 0 spiro atoms. The molecule has 0 aromatic carbocycles. The van der Waals surface area contributed by atoms with Crippen molar-refractivity contribution in [3.05, 3.63) is 40.3 Å². The number of pyridine rings is 1. The highest BCUT2D eigenvalue weighted by molar-refractivity contribution is 8.44. The van der Waals surface area contributed by atoms with E-state index in [1.54, 1.807) is 4.57 Å². The number of ether oxygens (including phenoxy) is 2. The van der Waals surface area contributed by atoms with Gasteiger partial charge in [-0.25, -0.2) is 19.5 Å². The van der Waals surface area contributed by atoms with Gasteiger partial charge < -0.3 is 24.3 Å². The second-order valence-corrected chi connectivity index (χ2v) is 12.7. The first-order chi connectivity index (χ1) is 20.2. The summed E-state index contributed by atoms with van der Waals surface area (Å²) in [6, 6.07) is 3.53. The maximum Gasteiger partial charge on any atom is 0.386 e. The minimum atomic E-state index is -4.09. The van der Waals surface area contributed by atoms with Crippen molar-refractivity contribution >= 4 is 74.1 Å². The highest BCUT2D eigenvalue weighted by Gasteiger charge is 2.42. The van der Waals surface area contributed by atoms with Gasteiger partial charge in [0, 0.05) is 12.6 Å². The van der Waals surface area contributed by atoms with Gasteiger partial charge in [0.05, 0.1) is 39.2 Å². The predicted molar refractivity (Wildman–Crippen MR) is 155 cm³/mol. The molecule has 4 aromatic rings. The van der Waals surface area contributed by atoms with Crippen LogP contribution in [0.4, 0.5) is 5.95 Å². The Morgan fingerprint density at radius 2 is 2.19 bits per heavy atom. The molecule has 0 saturated carbocycles. The molecule has 1 fully saturated rings. The average molecular weight is 656 g/mol. The van der Waals surface area contributed by atoms with Crippen molar-refractivity contribution in [2.45, 2.75) is 38.0 Å². The highest BCUT2D eigenvalue weighted by Crippen LogP contribution is 2.57. The molecule has 1 aliphatic rings. The van der Waals surface area contributed by atoms with Crippen LogP contribution in [0.1, 0.15) is 24.0 Å². The fourth-order valence-corrected chi connectivity index (χ4v) is 6.31. The number of hydrogen-bond donors (Lipinski definition) is 4. The minimum absolute atomic E-state index is 0.0102. The number of aromatic amines is 1. The molecule has 0 amide bonds. The summed E-state index contributed by atoms with van der Waals surface area (Å²) < 4.78 is 44.3. The number of nitrogens with two attached hydrogens (primary N) is 1. The van der Waals surface area contributed by atoms with Gasteiger partial charge in [-0.15, -0.1) is 12.2 Å². The topological polar surface area (TPSA) is 224 Å². The average Bonchev–Trinajstić information content (AvgIpc) is 3.65. The number of carbonyl (C=O) groups is 1. The predicted octanol–water partition coefficient (Wildman–Crippen LogP) is 1.87. The van der Waals surface area contributed by atoms with E-state index in [1.165, 1.54) is 23.2 Å². The number of imidazole rings is 2. The molecule has 17 nitrogen and oxygen atoms in total. The van der Waals surface area contributed by atoms with E-state index < -0.39 is 30.8 Å². The van der Waals surface area contributed by atoms with Gasteiger partial charge in [-0.3, -0.25) is 28.2 Å². The van der Waals surface area contributed by atoms with Crippen LogP contribution in [0.25, 0.3) is 22.3 Å². The van der Waals surface area contributed by atoms with Crippen LogP contribution in [0.3, 0.4) is 0 Å². The van der Waals surface area contributed by atoms with Gasteiger partial charge in [-0.2, -0.15) is 10.2 Å². The maximum absolute atomic E-state index is 13.5. The van der Waals surface area contributed by atoms with Crippen LogP contribution in [0, 0.1) is 11.3 Å². The number of rotatable bonds is 13. The van der Waals surface area contributed by atoms with Crippen molar-refractivity contribution in [1.82, 2.24) is 34.1 Å². The number of H-pyrrole nitrogens is 1. The molecule has 1 saturated heterocycles. The quantitative estimate of drug-likeness (QED) is 0.0699. The lowest BCUT2D eigenvalue weighted by molar-refractivity contribution is -0.128. The molecule has 5 rings (SSSR count). The number of hydrogen-bond acceptors (Lipinski definition) is 15. The third kappa shape index (κ3) is 6.61. The molecule has 2 unspecified atom stereocenters. The van der Waals surface area contributed by atoms with Gasteiger partial charge in [-0.1, -0.05) is 12.2 Å². The highest BCUT2D eigenvalue weighted by atomic mass is 32.7. The zero-order chi connectivity index (χ0) is 29.9. The van der Waals surface area contributed by atoms with E-state index in [2.05, 4.69) is 49.4 Å². The van der Waals surface area contributed by atoms with Crippen LogP contribution >= 0.6 is 39.3 Å². The maximum atomic E-state index is 13.5. The van der Waals surface area contributed by atoms with Gasteiger partial charge in [0.2, 0.25) is 5.95 Å². The number of nitrogens with one attached hydrogen (secondary N) is 1. The normalized spacial score (nSPS) is 20.4. The third-order valence-electron chi connectivity index (χ3n) is 6.12. The first-order valence-corrected chi connectivity index (χ1v) is 17.0. The van der Waals surface area contributed by atoms with E-state index in [9.17, 15) is 19.4 Å². The first kappa shape index (κ1) is 30.4. The summed E-state index contributed by atoms with van der Waals surface area (Å²) in [6.07, 6.45) is 0.605. The van der Waals surface area contributed by atoms with E-state index in [0.717, 1.165) is 0 Å². The van der Waals surface area contributed by atoms with Gasteiger partial charge in [0.25, 0.3) is 12.0 Å². The summed E-state index contributed by atoms with van der Waals surface area (Å²) in [5, 5.41) is 9.21. The molecule has 222 valence electrons. The van der Waals surface area contributed by atoms with Gasteiger partial charge >= 0.3 is 6.80 Å². The number of nitriles is 1. The van der Waals surface area contributed by atoms with Crippen molar-refractivity contribution in [2.75, 3.05) is 18.9 Å². The SMILES string of the molecule is N#Cc1cnc2c(c1)nc(COP(=O)(S)O[C@@H]1C[C@@H](COPS)O[C@H]1n1cnc3c(=O)[nH]c(N)nc31)n2CCOC=O. The Kier molecular flexibility index (Phi) is 9.45. The molecule has 5 heterocycles. The summed E-state index contributed by atoms with van der Waals surface area (Å²) in [5.74, 6) is 0.154. The number of aromatic nitrogens is 7. The van der Waals surface area contributed by atoms with Crippen molar-refractivity contribution in [3.63, 3.8) is 0 Å². The fraction of sp³-hybridized carbons (Fsp3) is 0.381. The van der Waals surface area contributed by atoms with Crippen LogP contribution < -0.4 is 11.3 Å². The number of fused-ring (bicyclic) bond motifs is 2. The Morgan fingerprint density at radius 3 is 2.95 bits per heavy atom. The molecule has 3 N–H and O–H groups in total. The number of nitrogens with zero attached hydrogens (tertiary/aromatic N) is 7. The van der Waals surface area contributed by atoms with Crippen LogP contribution in [-0.2, 0) is 45.6 Å². The zero-order valence-electron chi connectivity index (χ0n) is 21.4. The second-order valence-electron chi connectivity index (χ2n) is 8.77. The standard InChI is InChI=1S/C21H23N9O8P2S2/c22-5-11-3-13-17(24-6-11)29(1-2-34-10-31)15(26-13)8-36-40(33,42)38-14-4-12(7-35-39-41)37-20(14)30-9-25-16-18(30)27-21(23)28-19(16)32/h3,6,9-10,12,14,20,39,41H,1-2,4,7-8H2,(H,33,42)(H3,23,27,28,32)/t12-,14+,20+,40?/m0/s1. The van der Waals surface area contributed by atoms with E-state index in [0.29, 0.717) is 23.2 Å². The number of carbonyl (C=O) groups excluding carboxylic acids is 1. The van der Waals surface area contributed by atoms with E-state index in [-0.39, 0.29) is 63.7 Å². The molecule has 0 aliphatic carbocycles. The Bertz CT molecular complexity index is 1760. The largest absolute Gasteiger partial charge is 0.466 e. The van der Waals surface area contributed by atoms with Gasteiger partial charge in [0.15, 0.2) is 23.0 Å². The summed E-state index contributed by atoms with van der Waals surface area (Å²) in [4.78, 5) is 42.3. The van der Waals surface area contributed by atoms with Crippen molar-refractivity contribution < 1.29 is 32.4 Å². The third-order valence-corrected chi connectivity index (χ3v) is 8.43. The molecule has 5 atom stereocenters. The Morgan fingerprint density at radius 1 is 1.36 bits per heavy atom. The Labute approximate surface area is 248 Å². The first-order valence-electron chi connectivity index (χ1n) is 12.1. The van der Waals surface area contributed by atoms with Crippen LogP contribution in [-0.4, -0.2) is 65.9 Å². The number of anilines is 1. The molecule has 42 heavy (non-hydrogen) atoms. The smallest absolute Gasteiger partial charge is 0.386 e. The van der Waals surface area contributed by atoms with E-state index in [4.69, 9.17) is 28.8 Å². The molecule has 21 heteroatoms. The number of thiol groups is 2. The van der Waals surface area contributed by atoms with Crippen molar-refractivity contribution in [2.24, 2.45) is 0 Å². The lowest BCUT2D eigenvalue weighted by atomic mass is 10.2. The summed E-state index contributed by atoms with van der Waals surface area (Å²) >= 11 is 8.26. The van der Waals surface area contributed by atoms with Crippen molar-refractivity contribution in [1.29, 1.82) is 5.26 Å². The summed E-state index contributed by atoms with van der Waals surface area (Å²) in [7, 11) is -0.0862.